The topological polar surface area (TPSA) is 38.5 Å². The highest BCUT2D eigenvalue weighted by Crippen LogP contribution is 2.46. The number of para-hydroxylation sites is 2. The number of aryl methyl sites for hydroxylation is 1. The van der Waals surface area contributed by atoms with Gasteiger partial charge < -0.3 is 14.6 Å². The molecule has 0 saturated carbocycles. The van der Waals surface area contributed by atoms with Crippen molar-refractivity contribution in [3.8, 4) is 11.4 Å². The van der Waals surface area contributed by atoms with Gasteiger partial charge in [0.05, 0.1) is 17.6 Å². The smallest absolute Gasteiger partial charge is 0.157 e. The van der Waals surface area contributed by atoms with Crippen molar-refractivity contribution < 1.29 is 4.74 Å². The summed E-state index contributed by atoms with van der Waals surface area (Å²) >= 11 is 0. The van der Waals surface area contributed by atoms with Gasteiger partial charge in [-0.2, -0.15) is 0 Å². The van der Waals surface area contributed by atoms with Crippen LogP contribution in [-0.2, 0) is 18.3 Å². The molecule has 1 N–H and O–H groups in total. The van der Waals surface area contributed by atoms with E-state index in [1.807, 2.05) is 18.5 Å². The van der Waals surface area contributed by atoms with E-state index in [9.17, 15) is 0 Å². The van der Waals surface area contributed by atoms with Gasteiger partial charge in [-0.25, -0.2) is 0 Å². The van der Waals surface area contributed by atoms with E-state index in [1.165, 1.54) is 52.7 Å². The number of fused-ring (bicyclic) bond motifs is 6. The monoisotopic (exact) mass is 509 g/mol. The summed E-state index contributed by atoms with van der Waals surface area (Å²) in [5, 5.41) is 4.84. The Morgan fingerprint density at radius 3 is 2.82 bits per heavy atom. The van der Waals surface area contributed by atoms with Crippen LogP contribution in [0.15, 0.2) is 113 Å². The quantitative estimate of drug-likeness (QED) is 0.308. The normalized spacial score (nSPS) is 23.1. The van der Waals surface area contributed by atoms with Crippen LogP contribution in [0, 0.1) is 0 Å². The zero-order valence-electron chi connectivity index (χ0n) is 22.2. The lowest BCUT2D eigenvalue weighted by Crippen LogP contribution is -2.28. The molecule has 0 bridgehead atoms. The highest BCUT2D eigenvalue weighted by Gasteiger charge is 2.37. The van der Waals surface area contributed by atoms with Crippen LogP contribution in [0.3, 0.4) is 0 Å². The lowest BCUT2D eigenvalue weighted by atomic mass is 9.73. The molecule has 0 fully saturated rings. The van der Waals surface area contributed by atoms with Gasteiger partial charge in [0.1, 0.15) is 11.8 Å². The number of hydrogen-bond donors (Lipinski definition) is 1. The molecule has 1 aromatic heterocycles. The summed E-state index contributed by atoms with van der Waals surface area (Å²) < 4.78 is 8.87. The molecule has 4 heteroatoms. The fourth-order valence-electron chi connectivity index (χ4n) is 7.00. The zero-order chi connectivity index (χ0) is 26.0. The second-order valence-corrected chi connectivity index (χ2v) is 11.4. The van der Waals surface area contributed by atoms with Crippen LogP contribution >= 0.6 is 0 Å². The molecule has 8 rings (SSSR count). The van der Waals surface area contributed by atoms with Crippen molar-refractivity contribution in [2.45, 2.75) is 50.5 Å². The number of hydrogen-bond acceptors (Lipinski definition) is 3. The average molecular weight is 510 g/mol. The molecule has 3 heterocycles. The lowest BCUT2D eigenvalue weighted by Gasteiger charge is -2.33. The lowest BCUT2D eigenvalue weighted by molar-refractivity contribution is 0.415. The molecule has 0 radical (unpaired) electrons. The fourth-order valence-corrected chi connectivity index (χ4v) is 7.00. The molecule has 2 aliphatic carbocycles. The summed E-state index contributed by atoms with van der Waals surface area (Å²) in [5.41, 5.74) is 10.2. The largest absolute Gasteiger partial charge is 0.456 e. The molecule has 0 spiro atoms. The summed E-state index contributed by atoms with van der Waals surface area (Å²) in [6.45, 7) is 2.35. The molecule has 4 nitrogen and oxygen atoms in total. The van der Waals surface area contributed by atoms with Gasteiger partial charge in [-0.3, -0.25) is 4.99 Å². The first kappa shape index (κ1) is 22.7. The summed E-state index contributed by atoms with van der Waals surface area (Å²) in [7, 11) is 0. The maximum atomic E-state index is 6.35. The molecular weight excluding hydrogens is 478 g/mol. The Morgan fingerprint density at radius 1 is 0.974 bits per heavy atom. The molecule has 3 aromatic carbocycles. The minimum atomic E-state index is -0.145. The highest BCUT2D eigenvalue weighted by molar-refractivity contribution is 5.87. The number of aromatic nitrogens is 1. The van der Waals surface area contributed by atoms with Crippen molar-refractivity contribution in [3.05, 3.63) is 130 Å². The van der Waals surface area contributed by atoms with Crippen molar-refractivity contribution in [1.29, 1.82) is 0 Å². The van der Waals surface area contributed by atoms with Gasteiger partial charge in [0.2, 0.25) is 0 Å². The van der Waals surface area contributed by atoms with Crippen LogP contribution in [-0.4, -0.2) is 10.9 Å². The second kappa shape index (κ2) is 8.60. The van der Waals surface area contributed by atoms with Gasteiger partial charge in [-0.05, 0) is 73.1 Å². The van der Waals surface area contributed by atoms with E-state index in [2.05, 4.69) is 95.7 Å². The van der Waals surface area contributed by atoms with E-state index in [-0.39, 0.29) is 11.5 Å². The SMILES string of the molecule is CC1(c2cccc(-n3c4c(c5ccccc53)CCCC4)c2)C=CC=C(C2=C3Oc4ccccc4C3N=CN2)C1. The van der Waals surface area contributed by atoms with Crippen molar-refractivity contribution in [3.63, 3.8) is 0 Å². The fraction of sp³-hybridized carbons (Fsp3) is 0.229. The molecule has 0 amide bonds. The Balaban J connectivity index is 1.17. The van der Waals surface area contributed by atoms with Crippen molar-refractivity contribution in [2.75, 3.05) is 0 Å². The molecule has 2 aliphatic heterocycles. The molecule has 192 valence electrons. The van der Waals surface area contributed by atoms with Crippen LogP contribution in [0.4, 0.5) is 0 Å². The molecule has 0 saturated heterocycles. The first-order chi connectivity index (χ1) is 19.2. The third-order valence-corrected chi connectivity index (χ3v) is 8.94. The highest BCUT2D eigenvalue weighted by atomic mass is 16.5. The van der Waals surface area contributed by atoms with Crippen molar-refractivity contribution in [2.24, 2.45) is 4.99 Å². The Bertz CT molecular complexity index is 1770. The summed E-state index contributed by atoms with van der Waals surface area (Å²) in [4.78, 5) is 4.71. The standard InChI is InChI=1S/C35H31N3O/c1-35(19-9-10-23(21-35)32-34-33(37-22-36-32)28-15-4-7-18-31(28)39-34)24-11-8-12-25(20-24)38-29-16-5-2-13-26(29)27-14-3-6-17-30(27)38/h2,4-5,7-13,15-16,18-20,22,33H,3,6,14,17,21H2,1H3,(H,36,37). The second-order valence-electron chi connectivity index (χ2n) is 11.4. The minimum Gasteiger partial charge on any atom is -0.456 e. The summed E-state index contributed by atoms with van der Waals surface area (Å²) in [5.74, 6) is 1.81. The van der Waals surface area contributed by atoms with Gasteiger partial charge in [-0.1, -0.05) is 73.7 Å². The van der Waals surface area contributed by atoms with Crippen molar-refractivity contribution in [1.82, 2.24) is 9.88 Å². The molecule has 2 unspecified atom stereocenters. The first-order valence-electron chi connectivity index (χ1n) is 14.1. The average Bonchev–Trinajstić information content (AvgIpc) is 3.53. The van der Waals surface area contributed by atoms with E-state index in [0.29, 0.717) is 0 Å². The van der Waals surface area contributed by atoms with E-state index in [0.717, 1.165) is 35.6 Å². The molecule has 4 aliphatic rings. The predicted molar refractivity (Wildman–Crippen MR) is 158 cm³/mol. The maximum absolute atomic E-state index is 6.35. The number of nitrogens with one attached hydrogen (secondary N) is 1. The number of ether oxygens (including phenoxy) is 1. The van der Waals surface area contributed by atoms with E-state index < -0.39 is 0 Å². The third kappa shape index (κ3) is 3.47. The number of rotatable bonds is 3. The summed E-state index contributed by atoms with van der Waals surface area (Å²) in [6.07, 6.45) is 14.3. The van der Waals surface area contributed by atoms with Crippen LogP contribution in [0.2, 0.25) is 0 Å². The van der Waals surface area contributed by atoms with Gasteiger partial charge in [-0.15, -0.1) is 0 Å². The number of nitrogens with zero attached hydrogens (tertiary/aromatic N) is 2. The minimum absolute atomic E-state index is 0.0768. The van der Waals surface area contributed by atoms with Gasteiger partial charge in [0.15, 0.2) is 5.76 Å². The zero-order valence-corrected chi connectivity index (χ0v) is 22.2. The van der Waals surface area contributed by atoms with Crippen LogP contribution in [0.1, 0.15) is 54.6 Å². The summed E-state index contributed by atoms with van der Waals surface area (Å²) in [6, 6.07) is 26.3. The van der Waals surface area contributed by atoms with Gasteiger partial charge in [0.25, 0.3) is 0 Å². The molecule has 39 heavy (non-hydrogen) atoms. The Labute approximate surface area is 229 Å². The van der Waals surface area contributed by atoms with E-state index in [1.54, 1.807) is 5.56 Å². The van der Waals surface area contributed by atoms with E-state index in [4.69, 9.17) is 9.73 Å². The Kier molecular flexibility index (Phi) is 5.00. The van der Waals surface area contributed by atoms with Crippen molar-refractivity contribution >= 4 is 17.2 Å². The van der Waals surface area contributed by atoms with Gasteiger partial charge >= 0.3 is 0 Å². The number of aliphatic imine (C=N–C) groups is 1. The van der Waals surface area contributed by atoms with E-state index >= 15 is 0 Å². The number of allylic oxidation sites excluding steroid dienone is 4. The Hall–Kier alpha value is -4.31. The maximum Gasteiger partial charge on any atom is 0.157 e. The molecular formula is C35H31N3O. The third-order valence-electron chi connectivity index (χ3n) is 8.94. The Morgan fingerprint density at radius 2 is 1.85 bits per heavy atom. The van der Waals surface area contributed by atoms with Crippen LogP contribution in [0.5, 0.6) is 5.75 Å². The van der Waals surface area contributed by atoms with Crippen LogP contribution in [0.25, 0.3) is 16.6 Å². The number of benzene rings is 3. The molecule has 4 aromatic rings. The predicted octanol–water partition coefficient (Wildman–Crippen LogP) is 7.63. The van der Waals surface area contributed by atoms with Crippen LogP contribution < -0.4 is 10.1 Å². The van der Waals surface area contributed by atoms with Gasteiger partial charge in [0, 0.05) is 27.7 Å². The first-order valence-corrected chi connectivity index (χ1v) is 14.1. The molecule has 2 atom stereocenters.